The summed E-state index contributed by atoms with van der Waals surface area (Å²) in [5, 5.41) is 9.11. The maximum Gasteiger partial charge on any atom is 0.236 e. The maximum absolute atomic E-state index is 12.4. The van der Waals surface area contributed by atoms with Crippen LogP contribution >= 0.6 is 0 Å². The summed E-state index contributed by atoms with van der Waals surface area (Å²) in [6.07, 6.45) is 6.01. The molecule has 5 nitrogen and oxygen atoms in total. The lowest BCUT2D eigenvalue weighted by molar-refractivity contribution is -0.136. The lowest BCUT2D eigenvalue weighted by Crippen LogP contribution is -2.50. The van der Waals surface area contributed by atoms with Crippen molar-refractivity contribution in [3.63, 3.8) is 0 Å². The summed E-state index contributed by atoms with van der Waals surface area (Å²) >= 11 is 0. The number of aliphatic hydroxyl groups is 1. The minimum absolute atomic E-state index is 0.174. The number of likely N-dealkylation sites (tertiary alicyclic amines) is 2. The molecule has 0 aromatic heterocycles. The van der Waals surface area contributed by atoms with Crippen molar-refractivity contribution < 1.29 is 9.90 Å². The van der Waals surface area contributed by atoms with Crippen LogP contribution in [-0.4, -0.2) is 65.7 Å². The van der Waals surface area contributed by atoms with Crippen molar-refractivity contribution in [2.24, 2.45) is 5.73 Å². The monoisotopic (exact) mass is 269 g/mol. The van der Waals surface area contributed by atoms with Crippen LogP contribution in [0.4, 0.5) is 0 Å². The highest BCUT2D eigenvalue weighted by molar-refractivity contribution is 5.78. The van der Waals surface area contributed by atoms with Gasteiger partial charge in [0.25, 0.3) is 0 Å². The Morgan fingerprint density at radius 1 is 1.16 bits per heavy atom. The average Bonchev–Trinajstić information content (AvgIpc) is 2.42. The van der Waals surface area contributed by atoms with Gasteiger partial charge in [0.2, 0.25) is 5.91 Å². The third kappa shape index (κ3) is 4.16. The maximum atomic E-state index is 12.4. The van der Waals surface area contributed by atoms with E-state index in [1.54, 1.807) is 0 Å². The van der Waals surface area contributed by atoms with Crippen LogP contribution in [0.1, 0.15) is 38.5 Å². The first-order valence-electron chi connectivity index (χ1n) is 7.59. The van der Waals surface area contributed by atoms with Crippen LogP contribution in [0.2, 0.25) is 0 Å². The number of piperidine rings is 2. The Bertz CT molecular complexity index is 288. The van der Waals surface area contributed by atoms with Gasteiger partial charge in [-0.15, -0.1) is 0 Å². The fourth-order valence-electron chi connectivity index (χ4n) is 3.17. The number of carbonyl (C=O) groups excluding carboxylic acids is 1. The molecule has 2 aliphatic rings. The van der Waals surface area contributed by atoms with Gasteiger partial charge in [-0.3, -0.25) is 9.69 Å². The summed E-state index contributed by atoms with van der Waals surface area (Å²) in [4.78, 5) is 16.6. The molecular weight excluding hydrogens is 242 g/mol. The van der Waals surface area contributed by atoms with Crippen LogP contribution < -0.4 is 5.73 Å². The molecule has 110 valence electrons. The third-order valence-corrected chi connectivity index (χ3v) is 4.40. The van der Waals surface area contributed by atoms with E-state index in [0.29, 0.717) is 12.6 Å². The summed E-state index contributed by atoms with van der Waals surface area (Å²) in [7, 11) is 0. The van der Waals surface area contributed by atoms with Gasteiger partial charge in [-0.2, -0.15) is 0 Å². The molecule has 2 aliphatic heterocycles. The Morgan fingerprint density at radius 2 is 1.89 bits per heavy atom. The standard InChI is InChI=1S/C14H27N3O2/c15-12-4-8-16(9-5-12)11-14(19)17-7-2-1-3-13(17)6-10-18/h12-13,18H,1-11,15H2. The van der Waals surface area contributed by atoms with Crippen molar-refractivity contribution in [1.29, 1.82) is 0 Å². The molecule has 19 heavy (non-hydrogen) atoms. The predicted octanol–water partition coefficient (Wildman–Crippen LogP) is 0.173. The van der Waals surface area contributed by atoms with Gasteiger partial charge in [0.1, 0.15) is 0 Å². The van der Waals surface area contributed by atoms with Gasteiger partial charge < -0.3 is 15.7 Å². The first-order chi connectivity index (χ1) is 9.20. The van der Waals surface area contributed by atoms with Crippen molar-refractivity contribution in [1.82, 2.24) is 9.80 Å². The second kappa shape index (κ2) is 7.22. The molecule has 1 amide bonds. The molecule has 2 rings (SSSR count). The summed E-state index contributed by atoms with van der Waals surface area (Å²) in [6.45, 7) is 3.43. The van der Waals surface area contributed by atoms with Crippen LogP contribution in [0.25, 0.3) is 0 Å². The van der Waals surface area contributed by atoms with Crippen molar-refractivity contribution in [2.75, 3.05) is 32.8 Å². The molecule has 1 unspecified atom stereocenters. The average molecular weight is 269 g/mol. The highest BCUT2D eigenvalue weighted by Gasteiger charge is 2.28. The Hall–Kier alpha value is -0.650. The molecule has 0 aliphatic carbocycles. The minimum Gasteiger partial charge on any atom is -0.396 e. The van der Waals surface area contributed by atoms with Gasteiger partial charge in [0.15, 0.2) is 0 Å². The minimum atomic E-state index is 0.174. The zero-order valence-corrected chi connectivity index (χ0v) is 11.8. The van der Waals surface area contributed by atoms with E-state index in [-0.39, 0.29) is 18.6 Å². The van der Waals surface area contributed by atoms with E-state index in [4.69, 9.17) is 10.8 Å². The lowest BCUT2D eigenvalue weighted by atomic mass is 9.99. The first-order valence-corrected chi connectivity index (χ1v) is 7.59. The Balaban J connectivity index is 1.83. The van der Waals surface area contributed by atoms with Crippen LogP contribution in [-0.2, 0) is 4.79 Å². The highest BCUT2D eigenvalue weighted by atomic mass is 16.3. The highest BCUT2D eigenvalue weighted by Crippen LogP contribution is 2.20. The molecule has 0 spiro atoms. The number of rotatable bonds is 4. The molecule has 5 heteroatoms. The number of nitrogens with two attached hydrogens (primary N) is 1. The number of nitrogens with zero attached hydrogens (tertiary/aromatic N) is 2. The topological polar surface area (TPSA) is 69.8 Å². The molecule has 2 saturated heterocycles. The van der Waals surface area contributed by atoms with Gasteiger partial charge >= 0.3 is 0 Å². The molecule has 0 saturated carbocycles. The molecule has 0 aromatic rings. The summed E-state index contributed by atoms with van der Waals surface area (Å²) in [5.41, 5.74) is 5.88. The molecular formula is C14H27N3O2. The molecule has 1 atom stereocenters. The van der Waals surface area contributed by atoms with Gasteiger partial charge in [0.05, 0.1) is 6.54 Å². The Kier molecular flexibility index (Phi) is 5.60. The first kappa shape index (κ1) is 14.8. The zero-order valence-electron chi connectivity index (χ0n) is 11.8. The van der Waals surface area contributed by atoms with E-state index in [1.165, 1.54) is 6.42 Å². The van der Waals surface area contributed by atoms with Crippen molar-refractivity contribution in [3.8, 4) is 0 Å². The van der Waals surface area contributed by atoms with E-state index < -0.39 is 0 Å². The van der Waals surface area contributed by atoms with Crippen LogP contribution in [0, 0.1) is 0 Å². The quantitative estimate of drug-likeness (QED) is 0.763. The largest absolute Gasteiger partial charge is 0.396 e. The Morgan fingerprint density at radius 3 is 2.58 bits per heavy atom. The van der Waals surface area contributed by atoms with Crippen molar-refractivity contribution >= 4 is 5.91 Å². The van der Waals surface area contributed by atoms with Crippen LogP contribution in [0.3, 0.4) is 0 Å². The smallest absolute Gasteiger partial charge is 0.236 e. The number of hydrogen-bond acceptors (Lipinski definition) is 4. The van der Waals surface area contributed by atoms with Crippen molar-refractivity contribution in [2.45, 2.75) is 50.6 Å². The van der Waals surface area contributed by atoms with E-state index >= 15 is 0 Å². The van der Waals surface area contributed by atoms with Gasteiger partial charge in [-0.25, -0.2) is 0 Å². The van der Waals surface area contributed by atoms with Crippen molar-refractivity contribution in [3.05, 3.63) is 0 Å². The summed E-state index contributed by atoms with van der Waals surface area (Å²) in [5.74, 6) is 0.230. The molecule has 2 fully saturated rings. The second-order valence-corrected chi connectivity index (χ2v) is 5.86. The van der Waals surface area contributed by atoms with Crippen LogP contribution in [0.5, 0.6) is 0 Å². The van der Waals surface area contributed by atoms with Gasteiger partial charge in [-0.05, 0) is 38.5 Å². The van der Waals surface area contributed by atoms with E-state index in [9.17, 15) is 4.79 Å². The lowest BCUT2D eigenvalue weighted by Gasteiger charge is -2.38. The fraction of sp³-hybridized carbons (Fsp3) is 0.929. The van der Waals surface area contributed by atoms with E-state index in [1.807, 2.05) is 4.90 Å². The van der Waals surface area contributed by atoms with E-state index in [0.717, 1.165) is 51.7 Å². The van der Waals surface area contributed by atoms with E-state index in [2.05, 4.69) is 4.90 Å². The second-order valence-electron chi connectivity index (χ2n) is 5.86. The third-order valence-electron chi connectivity index (χ3n) is 4.40. The molecule has 0 radical (unpaired) electrons. The van der Waals surface area contributed by atoms with Crippen LogP contribution in [0.15, 0.2) is 0 Å². The number of aliphatic hydroxyl groups excluding tert-OH is 1. The van der Waals surface area contributed by atoms with Gasteiger partial charge in [0, 0.05) is 38.3 Å². The number of amides is 1. The molecule has 0 bridgehead atoms. The SMILES string of the molecule is NC1CCN(CC(=O)N2CCCCC2CCO)CC1. The molecule has 3 N–H and O–H groups in total. The number of carbonyl (C=O) groups is 1. The summed E-state index contributed by atoms with van der Waals surface area (Å²) in [6, 6.07) is 0.557. The normalized spacial score (nSPS) is 26.6. The number of hydrogen-bond donors (Lipinski definition) is 2. The van der Waals surface area contributed by atoms with Gasteiger partial charge in [-0.1, -0.05) is 0 Å². The fourth-order valence-corrected chi connectivity index (χ4v) is 3.17. The Labute approximate surface area is 115 Å². The molecule has 2 heterocycles. The molecule has 0 aromatic carbocycles. The zero-order chi connectivity index (χ0) is 13.7. The summed E-state index contributed by atoms with van der Waals surface area (Å²) < 4.78 is 0. The predicted molar refractivity (Wildman–Crippen MR) is 74.7 cm³/mol.